The Balaban J connectivity index is 1.51. The van der Waals surface area contributed by atoms with Crippen molar-refractivity contribution in [3.63, 3.8) is 0 Å². The molecule has 0 saturated heterocycles. The van der Waals surface area contributed by atoms with Crippen LogP contribution in [0.25, 0.3) is 11.1 Å². The minimum Gasteiger partial charge on any atom is -0.408 e. The maximum absolute atomic E-state index is 12.1. The number of aryl methyl sites for hydroxylation is 1. The number of fused-ring (bicyclic) bond motifs is 1. The second kappa shape index (κ2) is 8.35. The van der Waals surface area contributed by atoms with Gasteiger partial charge in [-0.05, 0) is 26.0 Å². The van der Waals surface area contributed by atoms with Crippen LogP contribution in [0.3, 0.4) is 0 Å². The summed E-state index contributed by atoms with van der Waals surface area (Å²) in [6, 6.07) is 8.84. The molecular weight excluding hydrogens is 348 g/mol. The normalized spacial score (nSPS) is 10.7. The standard InChI is InChI=1S/C18H22N6O3/c1-3-19-17-22-12(2)10-15(23-17)20-8-9-21-16(25)11-24-13-6-4-5-7-14(13)27-18(24)26/h4-7,10H,3,8-9,11H2,1-2H3,(H,21,25)(H2,19,20,22,23). The zero-order valence-electron chi connectivity index (χ0n) is 15.3. The van der Waals surface area contributed by atoms with Crippen LogP contribution in [0.4, 0.5) is 11.8 Å². The van der Waals surface area contributed by atoms with Gasteiger partial charge in [-0.1, -0.05) is 12.1 Å². The third kappa shape index (κ3) is 4.63. The van der Waals surface area contributed by atoms with Crippen molar-refractivity contribution in [2.45, 2.75) is 20.4 Å². The summed E-state index contributed by atoms with van der Waals surface area (Å²) in [5.74, 6) is 0.439. The van der Waals surface area contributed by atoms with Gasteiger partial charge in [0.1, 0.15) is 12.4 Å². The van der Waals surface area contributed by atoms with Crippen molar-refractivity contribution >= 4 is 28.8 Å². The van der Waals surface area contributed by atoms with Gasteiger partial charge < -0.3 is 20.4 Å². The molecule has 0 fully saturated rings. The number of rotatable bonds is 8. The SMILES string of the molecule is CCNc1nc(C)cc(NCCNC(=O)Cn2c(=O)oc3ccccc32)n1. The molecule has 9 heteroatoms. The van der Waals surface area contributed by atoms with Crippen LogP contribution in [0.1, 0.15) is 12.6 Å². The zero-order valence-corrected chi connectivity index (χ0v) is 15.3. The molecule has 2 aromatic heterocycles. The molecule has 0 aliphatic carbocycles. The summed E-state index contributed by atoms with van der Waals surface area (Å²) in [4.78, 5) is 32.6. The molecule has 0 aliphatic heterocycles. The average Bonchev–Trinajstić information content (AvgIpc) is 2.94. The lowest BCUT2D eigenvalue weighted by atomic mass is 10.3. The molecule has 142 valence electrons. The number of anilines is 2. The van der Waals surface area contributed by atoms with Gasteiger partial charge in [-0.25, -0.2) is 9.78 Å². The molecule has 1 amide bonds. The molecule has 2 heterocycles. The van der Waals surface area contributed by atoms with Crippen LogP contribution in [-0.2, 0) is 11.3 Å². The third-order valence-corrected chi connectivity index (χ3v) is 3.82. The Kier molecular flexibility index (Phi) is 5.70. The second-order valence-corrected chi connectivity index (χ2v) is 5.95. The molecule has 3 aromatic rings. The predicted molar refractivity (Wildman–Crippen MR) is 103 cm³/mol. The Bertz CT molecular complexity index is 994. The van der Waals surface area contributed by atoms with Crippen molar-refractivity contribution < 1.29 is 9.21 Å². The highest BCUT2D eigenvalue weighted by Gasteiger charge is 2.11. The summed E-state index contributed by atoms with van der Waals surface area (Å²) in [7, 11) is 0. The van der Waals surface area contributed by atoms with Crippen molar-refractivity contribution in [2.75, 3.05) is 30.3 Å². The van der Waals surface area contributed by atoms with Gasteiger partial charge in [0.25, 0.3) is 0 Å². The maximum atomic E-state index is 12.1. The monoisotopic (exact) mass is 370 g/mol. The molecule has 0 bridgehead atoms. The van der Waals surface area contributed by atoms with Crippen molar-refractivity contribution in [3.05, 3.63) is 46.6 Å². The number of hydrogen-bond donors (Lipinski definition) is 3. The fourth-order valence-corrected chi connectivity index (χ4v) is 2.65. The van der Waals surface area contributed by atoms with E-state index in [-0.39, 0.29) is 12.5 Å². The first-order valence-electron chi connectivity index (χ1n) is 8.75. The van der Waals surface area contributed by atoms with E-state index >= 15 is 0 Å². The molecule has 0 atom stereocenters. The van der Waals surface area contributed by atoms with Crippen molar-refractivity contribution in [1.82, 2.24) is 19.9 Å². The lowest BCUT2D eigenvalue weighted by molar-refractivity contribution is -0.121. The van der Waals surface area contributed by atoms with Gasteiger partial charge in [0.15, 0.2) is 5.58 Å². The first-order valence-corrected chi connectivity index (χ1v) is 8.75. The molecule has 3 rings (SSSR count). The fourth-order valence-electron chi connectivity index (χ4n) is 2.65. The highest BCUT2D eigenvalue weighted by atomic mass is 16.4. The minimum atomic E-state index is -0.545. The van der Waals surface area contributed by atoms with E-state index in [1.165, 1.54) is 4.57 Å². The van der Waals surface area contributed by atoms with Gasteiger partial charge in [-0.2, -0.15) is 4.98 Å². The summed E-state index contributed by atoms with van der Waals surface area (Å²) in [6.07, 6.45) is 0. The van der Waals surface area contributed by atoms with Gasteiger partial charge in [0.2, 0.25) is 11.9 Å². The zero-order chi connectivity index (χ0) is 19.2. The van der Waals surface area contributed by atoms with E-state index in [1.54, 1.807) is 24.3 Å². The van der Waals surface area contributed by atoms with Crippen LogP contribution >= 0.6 is 0 Å². The van der Waals surface area contributed by atoms with E-state index in [9.17, 15) is 9.59 Å². The van der Waals surface area contributed by atoms with Crippen LogP contribution in [0, 0.1) is 6.92 Å². The smallest absolute Gasteiger partial charge is 0.408 e. The summed E-state index contributed by atoms with van der Waals surface area (Å²) in [5, 5.41) is 8.99. The number of hydrogen-bond acceptors (Lipinski definition) is 7. The van der Waals surface area contributed by atoms with E-state index in [0.29, 0.717) is 36.0 Å². The second-order valence-electron chi connectivity index (χ2n) is 5.95. The number of amides is 1. The van der Waals surface area contributed by atoms with Gasteiger partial charge in [0.05, 0.1) is 5.52 Å². The lowest BCUT2D eigenvalue weighted by Gasteiger charge is -2.10. The van der Waals surface area contributed by atoms with Crippen LogP contribution in [0.5, 0.6) is 0 Å². The largest absolute Gasteiger partial charge is 0.420 e. The Labute approximate surface area is 155 Å². The summed E-state index contributed by atoms with van der Waals surface area (Å²) in [6.45, 7) is 5.40. The third-order valence-electron chi connectivity index (χ3n) is 3.82. The molecule has 0 aliphatic rings. The summed E-state index contributed by atoms with van der Waals surface area (Å²) in [5.41, 5.74) is 1.91. The maximum Gasteiger partial charge on any atom is 0.420 e. The summed E-state index contributed by atoms with van der Waals surface area (Å²) >= 11 is 0. The van der Waals surface area contributed by atoms with Crippen molar-refractivity contribution in [1.29, 1.82) is 0 Å². The number of nitrogens with zero attached hydrogens (tertiary/aromatic N) is 3. The molecule has 0 saturated carbocycles. The van der Waals surface area contributed by atoms with Gasteiger partial charge in [0, 0.05) is 31.4 Å². The molecule has 3 N–H and O–H groups in total. The van der Waals surface area contributed by atoms with Crippen molar-refractivity contribution in [3.8, 4) is 0 Å². The highest BCUT2D eigenvalue weighted by molar-refractivity contribution is 5.79. The molecule has 0 unspecified atom stereocenters. The minimum absolute atomic E-state index is 0.0902. The number of nitrogens with one attached hydrogen (secondary N) is 3. The van der Waals surface area contributed by atoms with Crippen LogP contribution < -0.4 is 21.7 Å². The number of benzene rings is 1. The van der Waals surface area contributed by atoms with Crippen LogP contribution in [0.2, 0.25) is 0 Å². The van der Waals surface area contributed by atoms with E-state index in [0.717, 1.165) is 12.2 Å². The Hall–Kier alpha value is -3.36. The molecule has 27 heavy (non-hydrogen) atoms. The molecule has 0 spiro atoms. The highest BCUT2D eigenvalue weighted by Crippen LogP contribution is 2.11. The fraction of sp³-hybridized carbons (Fsp3) is 0.333. The topological polar surface area (TPSA) is 114 Å². The summed E-state index contributed by atoms with van der Waals surface area (Å²) < 4.78 is 6.43. The van der Waals surface area contributed by atoms with Crippen LogP contribution in [-0.4, -0.2) is 40.1 Å². The number of carbonyl (C=O) groups excluding carboxylic acids is 1. The first-order chi connectivity index (χ1) is 13.1. The number of para-hydroxylation sites is 2. The Morgan fingerprint density at radius 1 is 1.19 bits per heavy atom. The Morgan fingerprint density at radius 3 is 2.81 bits per heavy atom. The molecule has 0 radical (unpaired) electrons. The first kappa shape index (κ1) is 18.4. The average molecular weight is 370 g/mol. The molecular formula is C18H22N6O3. The number of oxazole rings is 1. The molecule has 9 nitrogen and oxygen atoms in total. The predicted octanol–water partition coefficient (Wildman–Crippen LogP) is 1.35. The lowest BCUT2D eigenvalue weighted by Crippen LogP contribution is -2.33. The number of carbonyl (C=O) groups is 1. The Morgan fingerprint density at radius 2 is 2.00 bits per heavy atom. The number of aromatic nitrogens is 3. The van der Waals surface area contributed by atoms with Crippen LogP contribution in [0.15, 0.2) is 39.5 Å². The van der Waals surface area contributed by atoms with E-state index < -0.39 is 5.76 Å². The van der Waals surface area contributed by atoms with Gasteiger partial charge in [-0.15, -0.1) is 0 Å². The molecule has 1 aromatic carbocycles. The van der Waals surface area contributed by atoms with Gasteiger partial charge >= 0.3 is 5.76 Å². The van der Waals surface area contributed by atoms with E-state index in [2.05, 4.69) is 25.9 Å². The van der Waals surface area contributed by atoms with Gasteiger partial charge in [-0.3, -0.25) is 9.36 Å². The van der Waals surface area contributed by atoms with E-state index in [4.69, 9.17) is 4.42 Å². The quantitative estimate of drug-likeness (QED) is 0.513. The van der Waals surface area contributed by atoms with Crippen molar-refractivity contribution in [2.24, 2.45) is 0 Å². The van der Waals surface area contributed by atoms with E-state index in [1.807, 2.05) is 19.9 Å².